The summed E-state index contributed by atoms with van der Waals surface area (Å²) in [7, 11) is 2.63. The van der Waals surface area contributed by atoms with Crippen LogP contribution >= 0.6 is 15.9 Å². The van der Waals surface area contributed by atoms with Crippen molar-refractivity contribution in [2.45, 2.75) is 13.8 Å². The quantitative estimate of drug-likeness (QED) is 0.209. The molecule has 216 valence electrons. The molecule has 0 aliphatic carbocycles. The van der Waals surface area contributed by atoms with Crippen LogP contribution in [0.4, 0.5) is 16.2 Å². The molecule has 1 heterocycles. The van der Waals surface area contributed by atoms with Gasteiger partial charge in [0.15, 0.2) is 18.1 Å². The molecule has 3 aromatic rings. The van der Waals surface area contributed by atoms with E-state index in [9.17, 15) is 24.0 Å². The lowest BCUT2D eigenvalue weighted by Gasteiger charge is -2.26. The molecular formula is C30H26BrN3O8. The van der Waals surface area contributed by atoms with Gasteiger partial charge < -0.3 is 19.5 Å². The van der Waals surface area contributed by atoms with Crippen molar-refractivity contribution in [3.05, 3.63) is 86.9 Å². The van der Waals surface area contributed by atoms with Crippen LogP contribution in [0.25, 0.3) is 6.08 Å². The Balaban J connectivity index is 1.54. The maximum atomic E-state index is 13.3. The van der Waals surface area contributed by atoms with Crippen molar-refractivity contribution in [1.29, 1.82) is 0 Å². The third kappa shape index (κ3) is 6.50. The number of barbiturate groups is 1. The molecule has 0 aromatic heterocycles. The summed E-state index contributed by atoms with van der Waals surface area (Å²) >= 11 is 3.40. The highest BCUT2D eigenvalue weighted by molar-refractivity contribution is 9.10. The molecule has 2 N–H and O–H groups in total. The molecule has 4 rings (SSSR count). The van der Waals surface area contributed by atoms with Crippen molar-refractivity contribution in [2.75, 3.05) is 31.0 Å². The van der Waals surface area contributed by atoms with E-state index in [4.69, 9.17) is 9.47 Å². The normalized spacial score (nSPS) is 14.0. The molecule has 1 saturated heterocycles. The Bertz CT molecular complexity index is 1630. The van der Waals surface area contributed by atoms with Crippen molar-refractivity contribution in [2.24, 2.45) is 0 Å². The predicted molar refractivity (Wildman–Crippen MR) is 158 cm³/mol. The Morgan fingerprint density at radius 2 is 1.69 bits per heavy atom. The second-order valence-corrected chi connectivity index (χ2v) is 10.0. The van der Waals surface area contributed by atoms with Crippen LogP contribution in [0.15, 0.2) is 64.6 Å². The molecule has 0 unspecified atom stereocenters. The lowest BCUT2D eigenvalue weighted by atomic mass is 10.1. The molecule has 12 heteroatoms. The number of esters is 1. The minimum atomic E-state index is -0.936. The number of rotatable bonds is 8. The van der Waals surface area contributed by atoms with Gasteiger partial charge >= 0.3 is 12.0 Å². The van der Waals surface area contributed by atoms with Crippen molar-refractivity contribution >= 4 is 63.1 Å². The first kappa shape index (κ1) is 30.0. The van der Waals surface area contributed by atoms with Gasteiger partial charge in [0.05, 0.1) is 29.9 Å². The number of halogens is 1. The number of anilines is 2. The van der Waals surface area contributed by atoms with Crippen LogP contribution in [0, 0.1) is 13.8 Å². The maximum absolute atomic E-state index is 13.3. The minimum Gasteiger partial charge on any atom is -0.493 e. The van der Waals surface area contributed by atoms with E-state index in [1.807, 2.05) is 26.0 Å². The van der Waals surface area contributed by atoms with Crippen LogP contribution < -0.4 is 25.0 Å². The number of imide groups is 2. The van der Waals surface area contributed by atoms with Gasteiger partial charge in [-0.05, 0) is 101 Å². The molecule has 1 aliphatic rings. The largest absolute Gasteiger partial charge is 0.493 e. The monoisotopic (exact) mass is 635 g/mol. The van der Waals surface area contributed by atoms with Crippen LogP contribution in [0.2, 0.25) is 0 Å². The number of benzene rings is 3. The van der Waals surface area contributed by atoms with Crippen molar-refractivity contribution < 1.29 is 38.2 Å². The van der Waals surface area contributed by atoms with E-state index in [1.165, 1.54) is 50.6 Å². The first-order valence-electron chi connectivity index (χ1n) is 12.5. The van der Waals surface area contributed by atoms with Crippen LogP contribution in [0.5, 0.6) is 11.5 Å². The number of amides is 5. The number of hydrogen-bond acceptors (Lipinski definition) is 8. The molecule has 0 atom stereocenters. The SMILES string of the molecule is COC(=O)c1ccc(N2C(=O)NC(=O)/C(=C/c3cc(Br)c(OCC(=O)Nc4ccc(C)c(C)c4)c(OC)c3)C2=O)cc1. The van der Waals surface area contributed by atoms with Crippen LogP contribution in [-0.2, 0) is 19.1 Å². The fourth-order valence-electron chi connectivity index (χ4n) is 4.04. The number of aryl methyl sites for hydroxylation is 2. The zero-order chi connectivity index (χ0) is 30.6. The van der Waals surface area contributed by atoms with Crippen molar-refractivity contribution in [3.8, 4) is 11.5 Å². The van der Waals surface area contributed by atoms with E-state index in [1.54, 1.807) is 12.1 Å². The number of nitrogens with one attached hydrogen (secondary N) is 2. The summed E-state index contributed by atoms with van der Waals surface area (Å²) in [5, 5.41) is 4.92. The topological polar surface area (TPSA) is 140 Å². The Morgan fingerprint density at radius 3 is 2.33 bits per heavy atom. The van der Waals surface area contributed by atoms with Crippen LogP contribution in [0.3, 0.4) is 0 Å². The summed E-state index contributed by atoms with van der Waals surface area (Å²) in [6.45, 7) is 3.62. The third-order valence-corrected chi connectivity index (χ3v) is 6.94. The van der Waals surface area contributed by atoms with Gasteiger partial charge in [0.1, 0.15) is 5.57 Å². The van der Waals surface area contributed by atoms with Gasteiger partial charge in [0.2, 0.25) is 0 Å². The molecule has 0 bridgehead atoms. The van der Waals surface area contributed by atoms with E-state index in [2.05, 4.69) is 31.3 Å². The third-order valence-electron chi connectivity index (χ3n) is 6.35. The highest BCUT2D eigenvalue weighted by Gasteiger charge is 2.37. The molecule has 0 spiro atoms. The lowest BCUT2D eigenvalue weighted by Crippen LogP contribution is -2.54. The molecule has 5 amide bonds. The van der Waals surface area contributed by atoms with Gasteiger partial charge in [-0.2, -0.15) is 0 Å². The Hall–Kier alpha value is -4.97. The van der Waals surface area contributed by atoms with Crippen molar-refractivity contribution in [3.63, 3.8) is 0 Å². The predicted octanol–water partition coefficient (Wildman–Crippen LogP) is 4.55. The number of urea groups is 1. The number of carbonyl (C=O) groups is 5. The Labute approximate surface area is 249 Å². The van der Waals surface area contributed by atoms with E-state index >= 15 is 0 Å². The second kappa shape index (κ2) is 12.7. The summed E-state index contributed by atoms with van der Waals surface area (Å²) in [4.78, 5) is 63.4. The molecular weight excluding hydrogens is 610 g/mol. The Kier molecular flexibility index (Phi) is 9.06. The van der Waals surface area contributed by atoms with E-state index in [0.717, 1.165) is 16.0 Å². The van der Waals surface area contributed by atoms with Crippen LogP contribution in [-0.4, -0.2) is 50.5 Å². The van der Waals surface area contributed by atoms with Gasteiger partial charge in [-0.15, -0.1) is 0 Å². The van der Waals surface area contributed by atoms with Gasteiger partial charge in [-0.3, -0.25) is 19.7 Å². The van der Waals surface area contributed by atoms with E-state index in [0.29, 0.717) is 15.7 Å². The Morgan fingerprint density at radius 1 is 0.976 bits per heavy atom. The van der Waals surface area contributed by atoms with Gasteiger partial charge in [0.25, 0.3) is 17.7 Å². The fourth-order valence-corrected chi connectivity index (χ4v) is 4.61. The number of methoxy groups -OCH3 is 2. The average molecular weight is 636 g/mol. The molecule has 42 heavy (non-hydrogen) atoms. The summed E-state index contributed by atoms with van der Waals surface area (Å²) in [6, 6.07) is 13.3. The highest BCUT2D eigenvalue weighted by Crippen LogP contribution is 2.37. The highest BCUT2D eigenvalue weighted by atomic mass is 79.9. The molecule has 1 fully saturated rings. The molecule has 0 saturated carbocycles. The lowest BCUT2D eigenvalue weighted by molar-refractivity contribution is -0.122. The zero-order valence-electron chi connectivity index (χ0n) is 23.1. The second-order valence-electron chi connectivity index (χ2n) is 9.17. The van der Waals surface area contributed by atoms with Gasteiger partial charge in [-0.25, -0.2) is 14.5 Å². The fraction of sp³-hybridized carbons (Fsp3) is 0.167. The summed E-state index contributed by atoms with van der Waals surface area (Å²) in [5.74, 6) is -2.26. The first-order valence-corrected chi connectivity index (χ1v) is 13.3. The average Bonchev–Trinajstić information content (AvgIpc) is 2.96. The van der Waals surface area contributed by atoms with E-state index < -0.39 is 23.8 Å². The van der Waals surface area contributed by atoms with E-state index in [-0.39, 0.29) is 40.8 Å². The zero-order valence-corrected chi connectivity index (χ0v) is 24.7. The minimum absolute atomic E-state index is 0.144. The summed E-state index contributed by atoms with van der Waals surface area (Å²) in [6.07, 6.45) is 1.30. The van der Waals surface area contributed by atoms with Gasteiger partial charge in [-0.1, -0.05) is 6.07 Å². The number of hydrogen-bond donors (Lipinski definition) is 2. The molecule has 1 aliphatic heterocycles. The maximum Gasteiger partial charge on any atom is 0.337 e. The number of carbonyl (C=O) groups excluding carboxylic acids is 5. The standard InChI is InChI=1S/C30H26BrN3O8/c1-16-5-8-20(11-17(16)2)32-25(35)15-42-26-23(31)13-18(14-24(26)40-3)12-22-27(36)33-30(39)34(28(22)37)21-9-6-19(7-10-21)29(38)41-4/h5-14H,15H2,1-4H3,(H,32,35)(H,33,36,39)/b22-12-. The summed E-state index contributed by atoms with van der Waals surface area (Å²) < 4.78 is 16.2. The number of nitrogens with zero attached hydrogens (tertiary/aromatic N) is 1. The van der Waals surface area contributed by atoms with Gasteiger partial charge in [0, 0.05) is 5.69 Å². The molecule has 11 nitrogen and oxygen atoms in total. The smallest absolute Gasteiger partial charge is 0.337 e. The molecule has 0 radical (unpaired) electrons. The van der Waals surface area contributed by atoms with Crippen molar-refractivity contribution in [1.82, 2.24) is 5.32 Å². The molecule has 3 aromatic carbocycles. The first-order chi connectivity index (χ1) is 20.0. The number of ether oxygens (including phenoxy) is 3. The van der Waals surface area contributed by atoms with Crippen LogP contribution in [0.1, 0.15) is 27.0 Å². The summed E-state index contributed by atoms with van der Waals surface area (Å²) in [5.41, 5.74) is 3.21.